The summed E-state index contributed by atoms with van der Waals surface area (Å²) in [6.45, 7) is 2.63. The van der Waals surface area contributed by atoms with Gasteiger partial charge in [0.2, 0.25) is 5.92 Å². The molecule has 0 amide bonds. The zero-order valence-corrected chi connectivity index (χ0v) is 8.86. The van der Waals surface area contributed by atoms with Gasteiger partial charge in [-0.3, -0.25) is 4.79 Å². The van der Waals surface area contributed by atoms with Crippen molar-refractivity contribution in [1.29, 1.82) is 0 Å². The molecule has 17 heavy (non-hydrogen) atoms. The molecule has 0 saturated carbocycles. The number of alkyl halides is 6. The molecular formula is C9H10F6O2. The molecule has 8 heteroatoms. The van der Waals surface area contributed by atoms with Crippen molar-refractivity contribution >= 4 is 5.78 Å². The van der Waals surface area contributed by atoms with E-state index in [-0.39, 0.29) is 6.08 Å². The third kappa shape index (κ3) is 4.66. The lowest BCUT2D eigenvalue weighted by Crippen LogP contribution is -2.41. The molecule has 0 aliphatic rings. The van der Waals surface area contributed by atoms with Gasteiger partial charge in [0.25, 0.3) is 0 Å². The van der Waals surface area contributed by atoms with E-state index in [1.54, 1.807) is 0 Å². The number of ketones is 1. The molecule has 0 spiro atoms. The van der Waals surface area contributed by atoms with Gasteiger partial charge in [-0.15, -0.1) is 0 Å². The normalized spacial score (nSPS) is 14.6. The molecule has 2 nitrogen and oxygen atoms in total. The van der Waals surface area contributed by atoms with Crippen LogP contribution in [0.15, 0.2) is 11.8 Å². The molecule has 0 rings (SSSR count). The summed E-state index contributed by atoms with van der Waals surface area (Å²) in [5.41, 5.74) is 0. The highest BCUT2D eigenvalue weighted by Crippen LogP contribution is 2.40. The SMILES string of the molecule is CC(C)C(O)=CC(=O)C(C(F)(F)F)C(F)(F)F. The molecule has 0 heterocycles. The molecule has 0 unspecified atom stereocenters. The average molecular weight is 264 g/mol. The maximum Gasteiger partial charge on any atom is 0.407 e. The minimum absolute atomic E-state index is 0.0314. The number of hydrogen-bond acceptors (Lipinski definition) is 2. The summed E-state index contributed by atoms with van der Waals surface area (Å²) in [7, 11) is 0. The van der Waals surface area contributed by atoms with Crippen molar-refractivity contribution in [3.8, 4) is 0 Å². The Kier molecular flexibility index (Phi) is 4.62. The van der Waals surface area contributed by atoms with E-state index in [1.165, 1.54) is 13.8 Å². The summed E-state index contributed by atoms with van der Waals surface area (Å²) in [5, 5.41) is 8.98. The van der Waals surface area contributed by atoms with Crippen molar-refractivity contribution in [1.82, 2.24) is 0 Å². The fourth-order valence-electron chi connectivity index (χ4n) is 0.904. The quantitative estimate of drug-likeness (QED) is 0.482. The summed E-state index contributed by atoms with van der Waals surface area (Å²) in [6, 6.07) is 0. The Morgan fingerprint density at radius 2 is 1.41 bits per heavy atom. The molecule has 0 aromatic carbocycles. The van der Waals surface area contributed by atoms with Gasteiger partial charge in [-0.2, -0.15) is 26.3 Å². The summed E-state index contributed by atoms with van der Waals surface area (Å²) < 4.78 is 72.4. The fourth-order valence-corrected chi connectivity index (χ4v) is 0.904. The lowest BCUT2D eigenvalue weighted by molar-refractivity contribution is -0.271. The number of aliphatic hydroxyl groups is 1. The van der Waals surface area contributed by atoms with Gasteiger partial charge in [0.05, 0.1) is 5.76 Å². The van der Waals surface area contributed by atoms with Crippen LogP contribution in [0.5, 0.6) is 0 Å². The van der Waals surface area contributed by atoms with E-state index < -0.39 is 35.7 Å². The van der Waals surface area contributed by atoms with Gasteiger partial charge < -0.3 is 5.11 Å². The Bertz CT molecular complexity index is 298. The van der Waals surface area contributed by atoms with E-state index in [0.717, 1.165) is 0 Å². The molecule has 0 radical (unpaired) electrons. The van der Waals surface area contributed by atoms with Gasteiger partial charge in [0, 0.05) is 12.0 Å². The fraction of sp³-hybridized carbons (Fsp3) is 0.667. The smallest absolute Gasteiger partial charge is 0.407 e. The van der Waals surface area contributed by atoms with Crippen LogP contribution in [0.4, 0.5) is 26.3 Å². The van der Waals surface area contributed by atoms with Crippen LogP contribution in [-0.4, -0.2) is 23.2 Å². The van der Waals surface area contributed by atoms with Crippen molar-refractivity contribution in [3.05, 3.63) is 11.8 Å². The largest absolute Gasteiger partial charge is 0.512 e. The van der Waals surface area contributed by atoms with E-state index in [0.29, 0.717) is 0 Å². The molecule has 0 bridgehead atoms. The first-order valence-corrected chi connectivity index (χ1v) is 4.45. The third-order valence-electron chi connectivity index (χ3n) is 1.82. The van der Waals surface area contributed by atoms with E-state index in [4.69, 9.17) is 5.11 Å². The summed E-state index contributed by atoms with van der Waals surface area (Å²) in [6.07, 6.45) is -11.5. The van der Waals surface area contributed by atoms with Gasteiger partial charge in [-0.05, 0) is 0 Å². The molecule has 0 aliphatic carbocycles. The van der Waals surface area contributed by atoms with E-state index >= 15 is 0 Å². The Hall–Kier alpha value is -1.21. The van der Waals surface area contributed by atoms with E-state index in [9.17, 15) is 31.1 Å². The number of aliphatic hydroxyl groups excluding tert-OH is 1. The summed E-state index contributed by atoms with van der Waals surface area (Å²) in [5.74, 6) is -7.89. The Balaban J connectivity index is 5.26. The number of allylic oxidation sites excluding steroid dienone is 2. The lowest BCUT2D eigenvalue weighted by Gasteiger charge is -2.20. The molecule has 0 aromatic rings. The van der Waals surface area contributed by atoms with Crippen molar-refractivity contribution in [2.24, 2.45) is 11.8 Å². The van der Waals surface area contributed by atoms with Gasteiger partial charge in [0.15, 0.2) is 5.78 Å². The number of rotatable bonds is 3. The standard InChI is InChI=1S/C9H10F6O2/c1-4(2)5(16)3-6(17)7(8(10,11)12)9(13,14)15/h3-4,7,16H,1-2H3. The predicted octanol–water partition coefficient (Wildman–Crippen LogP) is 3.39. The van der Waals surface area contributed by atoms with E-state index in [1.807, 2.05) is 0 Å². The molecule has 0 aliphatic heterocycles. The van der Waals surface area contributed by atoms with Crippen LogP contribution in [0.1, 0.15) is 13.8 Å². The van der Waals surface area contributed by atoms with Crippen molar-refractivity contribution in [2.45, 2.75) is 26.2 Å². The molecule has 0 aromatic heterocycles. The second-order valence-corrected chi connectivity index (χ2v) is 3.64. The molecule has 1 N–H and O–H groups in total. The molecule has 0 saturated heterocycles. The topological polar surface area (TPSA) is 37.3 Å². The zero-order chi connectivity index (χ0) is 14.0. The zero-order valence-electron chi connectivity index (χ0n) is 8.86. The van der Waals surface area contributed by atoms with Crippen LogP contribution in [-0.2, 0) is 4.79 Å². The second-order valence-electron chi connectivity index (χ2n) is 3.64. The minimum atomic E-state index is -5.73. The molecular weight excluding hydrogens is 254 g/mol. The van der Waals surface area contributed by atoms with Crippen LogP contribution < -0.4 is 0 Å². The van der Waals surface area contributed by atoms with Crippen molar-refractivity contribution < 1.29 is 36.2 Å². The number of halogens is 6. The minimum Gasteiger partial charge on any atom is -0.512 e. The van der Waals surface area contributed by atoms with Crippen LogP contribution in [0.2, 0.25) is 0 Å². The first-order chi connectivity index (χ1) is 7.37. The highest BCUT2D eigenvalue weighted by Gasteiger charge is 2.60. The number of hydrogen-bond donors (Lipinski definition) is 1. The van der Waals surface area contributed by atoms with Crippen LogP contribution in [0.25, 0.3) is 0 Å². The van der Waals surface area contributed by atoms with E-state index in [2.05, 4.69) is 0 Å². The summed E-state index contributed by atoms with van der Waals surface area (Å²) >= 11 is 0. The lowest BCUT2D eigenvalue weighted by atomic mass is 10.0. The molecule has 100 valence electrons. The first kappa shape index (κ1) is 15.8. The van der Waals surface area contributed by atoms with Crippen molar-refractivity contribution in [2.75, 3.05) is 0 Å². The Morgan fingerprint density at radius 1 is 1.06 bits per heavy atom. The van der Waals surface area contributed by atoms with Gasteiger partial charge in [-0.1, -0.05) is 13.8 Å². The third-order valence-corrected chi connectivity index (χ3v) is 1.82. The molecule has 0 fully saturated rings. The number of carbonyl (C=O) groups is 1. The number of carbonyl (C=O) groups excluding carboxylic acids is 1. The highest BCUT2D eigenvalue weighted by atomic mass is 19.4. The molecule has 0 atom stereocenters. The monoisotopic (exact) mass is 264 g/mol. The van der Waals surface area contributed by atoms with Gasteiger partial charge in [0.1, 0.15) is 0 Å². The average Bonchev–Trinajstić information content (AvgIpc) is 1.96. The first-order valence-electron chi connectivity index (χ1n) is 4.45. The van der Waals surface area contributed by atoms with Gasteiger partial charge >= 0.3 is 12.4 Å². The van der Waals surface area contributed by atoms with Gasteiger partial charge in [-0.25, -0.2) is 0 Å². The highest BCUT2D eigenvalue weighted by molar-refractivity contribution is 5.93. The van der Waals surface area contributed by atoms with Crippen LogP contribution >= 0.6 is 0 Å². The maximum absolute atomic E-state index is 12.1. The Morgan fingerprint density at radius 3 is 1.65 bits per heavy atom. The maximum atomic E-state index is 12.1. The van der Waals surface area contributed by atoms with Crippen molar-refractivity contribution in [3.63, 3.8) is 0 Å². The predicted molar refractivity (Wildman–Crippen MR) is 46.2 cm³/mol. The Labute approximate surface area is 92.9 Å². The van der Waals surface area contributed by atoms with Crippen LogP contribution in [0, 0.1) is 11.8 Å². The van der Waals surface area contributed by atoms with Crippen LogP contribution in [0.3, 0.4) is 0 Å². The summed E-state index contributed by atoms with van der Waals surface area (Å²) in [4.78, 5) is 10.9. The second kappa shape index (κ2) is 4.97.